The lowest BCUT2D eigenvalue weighted by Crippen LogP contribution is -2.48. The van der Waals surface area contributed by atoms with Crippen LogP contribution >= 0.6 is 0 Å². The molecule has 0 saturated heterocycles. The molecule has 2 atom stereocenters. The standard InChI is InChI=1S/C20H20N2O3S/c1-14-7-9-15(10-8-14)26(24,25)22-13-17-19(23)11-12-21(2)20(17)16-5-3-4-6-18(16)22/h3-12,17,20H,13H2,1-2H3. The maximum Gasteiger partial charge on any atom is 0.264 e. The molecule has 5 nitrogen and oxygen atoms in total. The Kier molecular flexibility index (Phi) is 3.88. The summed E-state index contributed by atoms with van der Waals surface area (Å²) in [6.07, 6.45) is 3.30. The van der Waals surface area contributed by atoms with Crippen LogP contribution in [-0.4, -0.2) is 32.7 Å². The Hall–Kier alpha value is -2.60. The van der Waals surface area contributed by atoms with E-state index in [1.54, 1.807) is 30.5 Å². The zero-order chi connectivity index (χ0) is 18.5. The van der Waals surface area contributed by atoms with Crippen LogP contribution in [0.25, 0.3) is 0 Å². The number of aryl methyl sites for hydroxylation is 1. The number of hydrogen-bond donors (Lipinski definition) is 0. The second-order valence-electron chi connectivity index (χ2n) is 6.84. The molecule has 0 saturated carbocycles. The van der Waals surface area contributed by atoms with Gasteiger partial charge in [-0.3, -0.25) is 9.10 Å². The largest absolute Gasteiger partial charge is 0.372 e. The Balaban J connectivity index is 1.86. The Morgan fingerprint density at radius 3 is 2.46 bits per heavy atom. The predicted octanol–water partition coefficient (Wildman–Crippen LogP) is 2.89. The van der Waals surface area contributed by atoms with Gasteiger partial charge in [0.15, 0.2) is 5.78 Å². The van der Waals surface area contributed by atoms with Crippen LogP contribution in [0.2, 0.25) is 0 Å². The number of benzene rings is 2. The van der Waals surface area contributed by atoms with Crippen LogP contribution in [0, 0.1) is 12.8 Å². The van der Waals surface area contributed by atoms with E-state index in [1.165, 1.54) is 10.4 Å². The molecular weight excluding hydrogens is 348 g/mol. The number of hydrogen-bond acceptors (Lipinski definition) is 4. The van der Waals surface area contributed by atoms with E-state index in [-0.39, 0.29) is 23.3 Å². The van der Waals surface area contributed by atoms with E-state index in [0.717, 1.165) is 11.1 Å². The Labute approximate surface area is 153 Å². The molecule has 4 rings (SSSR count). The van der Waals surface area contributed by atoms with E-state index in [1.807, 2.05) is 43.1 Å². The number of ketones is 1. The van der Waals surface area contributed by atoms with Gasteiger partial charge >= 0.3 is 0 Å². The molecule has 2 aliphatic rings. The second-order valence-corrected chi connectivity index (χ2v) is 8.71. The quantitative estimate of drug-likeness (QED) is 0.818. The normalized spacial score (nSPS) is 22.2. The maximum absolute atomic E-state index is 13.3. The van der Waals surface area contributed by atoms with Crippen molar-refractivity contribution in [3.05, 3.63) is 71.9 Å². The van der Waals surface area contributed by atoms with Crippen molar-refractivity contribution in [3.8, 4) is 0 Å². The van der Waals surface area contributed by atoms with E-state index in [9.17, 15) is 13.2 Å². The third kappa shape index (κ3) is 2.52. The van der Waals surface area contributed by atoms with Crippen molar-refractivity contribution in [2.45, 2.75) is 17.9 Å². The van der Waals surface area contributed by atoms with E-state index in [0.29, 0.717) is 5.69 Å². The smallest absolute Gasteiger partial charge is 0.264 e. The molecule has 0 fully saturated rings. The highest BCUT2D eigenvalue weighted by molar-refractivity contribution is 7.92. The van der Waals surface area contributed by atoms with Gasteiger partial charge in [-0.05, 0) is 36.8 Å². The van der Waals surface area contributed by atoms with Crippen LogP contribution in [0.4, 0.5) is 5.69 Å². The third-order valence-electron chi connectivity index (χ3n) is 5.15. The molecule has 134 valence electrons. The average molecular weight is 368 g/mol. The van der Waals surface area contributed by atoms with Crippen molar-refractivity contribution < 1.29 is 13.2 Å². The fourth-order valence-electron chi connectivity index (χ4n) is 3.78. The minimum atomic E-state index is -3.75. The molecule has 0 bridgehead atoms. The van der Waals surface area contributed by atoms with Gasteiger partial charge in [0.25, 0.3) is 10.0 Å². The summed E-state index contributed by atoms with van der Waals surface area (Å²) in [6.45, 7) is 2.06. The molecule has 26 heavy (non-hydrogen) atoms. The molecule has 6 heteroatoms. The monoisotopic (exact) mass is 368 g/mol. The van der Waals surface area contributed by atoms with Crippen molar-refractivity contribution in [2.75, 3.05) is 17.9 Å². The van der Waals surface area contributed by atoms with Gasteiger partial charge in [-0.15, -0.1) is 0 Å². The first kappa shape index (κ1) is 16.8. The van der Waals surface area contributed by atoms with Crippen LogP contribution in [0.5, 0.6) is 0 Å². The van der Waals surface area contributed by atoms with Gasteiger partial charge in [-0.1, -0.05) is 35.9 Å². The summed E-state index contributed by atoms with van der Waals surface area (Å²) in [4.78, 5) is 14.7. The summed E-state index contributed by atoms with van der Waals surface area (Å²) in [5.41, 5.74) is 2.50. The van der Waals surface area contributed by atoms with E-state index in [2.05, 4.69) is 0 Å². The zero-order valence-corrected chi connectivity index (χ0v) is 15.5. The van der Waals surface area contributed by atoms with Crippen molar-refractivity contribution in [1.29, 1.82) is 0 Å². The number of rotatable bonds is 2. The van der Waals surface area contributed by atoms with E-state index in [4.69, 9.17) is 0 Å². The van der Waals surface area contributed by atoms with Crippen LogP contribution in [-0.2, 0) is 14.8 Å². The van der Waals surface area contributed by atoms with Crippen molar-refractivity contribution in [1.82, 2.24) is 4.90 Å². The minimum Gasteiger partial charge on any atom is -0.372 e. The van der Waals surface area contributed by atoms with Crippen LogP contribution in [0.15, 0.2) is 65.7 Å². The van der Waals surface area contributed by atoms with Gasteiger partial charge in [-0.25, -0.2) is 8.42 Å². The minimum absolute atomic E-state index is 0.0355. The van der Waals surface area contributed by atoms with Gasteiger partial charge < -0.3 is 4.90 Å². The topological polar surface area (TPSA) is 57.7 Å². The SMILES string of the molecule is Cc1ccc(S(=O)(=O)N2CC3C(=O)C=CN(C)C3c3ccccc32)cc1. The predicted molar refractivity (Wildman–Crippen MR) is 100 cm³/mol. The highest BCUT2D eigenvalue weighted by atomic mass is 32.2. The van der Waals surface area contributed by atoms with E-state index >= 15 is 0 Å². The Bertz CT molecular complexity index is 996. The average Bonchev–Trinajstić information content (AvgIpc) is 2.64. The molecular formula is C20H20N2O3S. The summed E-state index contributed by atoms with van der Waals surface area (Å²) in [5.74, 6) is -0.452. The molecule has 2 unspecified atom stereocenters. The first-order valence-electron chi connectivity index (χ1n) is 8.52. The fourth-order valence-corrected chi connectivity index (χ4v) is 5.30. The van der Waals surface area contributed by atoms with Gasteiger partial charge in [0, 0.05) is 19.8 Å². The summed E-state index contributed by atoms with van der Waals surface area (Å²) in [6, 6.07) is 14.1. The lowest BCUT2D eigenvalue weighted by molar-refractivity contribution is -0.120. The maximum atomic E-state index is 13.3. The lowest BCUT2D eigenvalue weighted by atomic mass is 9.83. The van der Waals surface area contributed by atoms with Crippen LogP contribution in [0.1, 0.15) is 17.2 Å². The zero-order valence-electron chi connectivity index (χ0n) is 14.7. The van der Waals surface area contributed by atoms with Gasteiger partial charge in [-0.2, -0.15) is 0 Å². The molecule has 0 aromatic heterocycles. The van der Waals surface area contributed by atoms with Crippen LogP contribution < -0.4 is 4.31 Å². The fraction of sp³-hybridized carbons (Fsp3) is 0.250. The molecule has 0 aliphatic carbocycles. The molecule has 2 aliphatic heterocycles. The summed E-state index contributed by atoms with van der Waals surface area (Å²) in [5, 5.41) is 0. The summed E-state index contributed by atoms with van der Waals surface area (Å²) in [7, 11) is -1.83. The number of nitrogens with zero attached hydrogens (tertiary/aromatic N) is 2. The van der Waals surface area contributed by atoms with Gasteiger partial charge in [0.2, 0.25) is 0 Å². The number of sulfonamides is 1. The number of para-hydroxylation sites is 1. The number of carbonyl (C=O) groups is 1. The molecule has 2 aromatic carbocycles. The van der Waals surface area contributed by atoms with Crippen molar-refractivity contribution >= 4 is 21.5 Å². The second kappa shape index (κ2) is 5.99. The molecule has 0 amide bonds. The third-order valence-corrected chi connectivity index (χ3v) is 6.95. The number of carbonyl (C=O) groups excluding carboxylic acids is 1. The Morgan fingerprint density at radius 1 is 1.04 bits per heavy atom. The lowest BCUT2D eigenvalue weighted by Gasteiger charge is -2.44. The summed E-state index contributed by atoms with van der Waals surface area (Å²) < 4.78 is 28.0. The first-order valence-corrected chi connectivity index (χ1v) is 9.96. The van der Waals surface area contributed by atoms with Crippen molar-refractivity contribution in [2.24, 2.45) is 5.92 Å². The highest BCUT2D eigenvalue weighted by Crippen LogP contribution is 2.44. The van der Waals surface area contributed by atoms with Crippen LogP contribution in [0.3, 0.4) is 0 Å². The van der Waals surface area contributed by atoms with E-state index < -0.39 is 15.9 Å². The van der Waals surface area contributed by atoms with Gasteiger partial charge in [0.1, 0.15) is 0 Å². The number of fused-ring (bicyclic) bond motifs is 3. The Morgan fingerprint density at radius 2 is 1.73 bits per heavy atom. The number of anilines is 1. The molecule has 0 N–H and O–H groups in total. The molecule has 2 aromatic rings. The molecule has 0 radical (unpaired) electrons. The summed E-state index contributed by atoms with van der Waals surface area (Å²) >= 11 is 0. The molecule has 0 spiro atoms. The molecule has 2 heterocycles. The highest BCUT2D eigenvalue weighted by Gasteiger charge is 2.43. The van der Waals surface area contributed by atoms with Gasteiger partial charge in [0.05, 0.1) is 22.5 Å². The number of allylic oxidation sites excluding steroid dienone is 1. The van der Waals surface area contributed by atoms with Crippen molar-refractivity contribution in [3.63, 3.8) is 0 Å². The first-order chi connectivity index (χ1) is 12.4.